The number of ether oxygens (including phenoxy) is 1. The summed E-state index contributed by atoms with van der Waals surface area (Å²) in [6.45, 7) is 1.19. The lowest BCUT2D eigenvalue weighted by Gasteiger charge is -2.31. The first kappa shape index (κ1) is 18.2. The van der Waals surface area contributed by atoms with Gasteiger partial charge in [0, 0.05) is 36.7 Å². The summed E-state index contributed by atoms with van der Waals surface area (Å²) in [4.78, 5) is 16.1. The molecule has 8 heteroatoms. The number of hydrogen-bond acceptors (Lipinski definition) is 6. The van der Waals surface area contributed by atoms with Crippen molar-refractivity contribution in [1.29, 1.82) is 0 Å². The summed E-state index contributed by atoms with van der Waals surface area (Å²) in [6, 6.07) is 17.4. The van der Waals surface area contributed by atoms with Gasteiger partial charge in [-0.1, -0.05) is 36.4 Å². The number of piperidine rings is 1. The fourth-order valence-corrected chi connectivity index (χ4v) is 3.63. The van der Waals surface area contributed by atoms with Crippen LogP contribution in [-0.2, 0) is 0 Å². The highest BCUT2D eigenvalue weighted by molar-refractivity contribution is 5.92. The Morgan fingerprint density at radius 3 is 2.57 bits per heavy atom. The van der Waals surface area contributed by atoms with Crippen LogP contribution in [-0.4, -0.2) is 55.2 Å². The Labute approximate surface area is 173 Å². The molecule has 30 heavy (non-hydrogen) atoms. The Kier molecular flexibility index (Phi) is 4.80. The number of hydrogen-bond donors (Lipinski definition) is 0. The number of fused-ring (bicyclic) bond motifs is 1. The highest BCUT2D eigenvalue weighted by Gasteiger charge is 2.27. The van der Waals surface area contributed by atoms with Gasteiger partial charge < -0.3 is 9.64 Å². The number of carbonyl (C=O) groups excluding carboxylic acids is 1. The van der Waals surface area contributed by atoms with Gasteiger partial charge in [-0.15, -0.1) is 10.2 Å². The largest absolute Gasteiger partial charge is 0.473 e. The van der Waals surface area contributed by atoms with Crippen LogP contribution in [0, 0.1) is 0 Å². The molecule has 0 bridgehead atoms. The third kappa shape index (κ3) is 3.59. The molecule has 4 aromatic rings. The predicted molar refractivity (Wildman–Crippen MR) is 110 cm³/mol. The van der Waals surface area contributed by atoms with Crippen molar-refractivity contribution in [3.8, 4) is 11.6 Å². The summed E-state index contributed by atoms with van der Waals surface area (Å²) >= 11 is 0. The zero-order valence-corrected chi connectivity index (χ0v) is 16.3. The van der Waals surface area contributed by atoms with Gasteiger partial charge in [0.25, 0.3) is 5.91 Å². The van der Waals surface area contributed by atoms with Crippen LogP contribution in [0.3, 0.4) is 0 Å². The van der Waals surface area contributed by atoms with Crippen molar-refractivity contribution in [3.05, 3.63) is 72.7 Å². The summed E-state index contributed by atoms with van der Waals surface area (Å²) in [5.41, 5.74) is 1.16. The molecule has 1 fully saturated rings. The number of rotatable bonds is 4. The number of para-hydroxylation sites is 1. The highest BCUT2D eigenvalue weighted by atomic mass is 16.5. The van der Waals surface area contributed by atoms with E-state index in [0.29, 0.717) is 24.7 Å². The van der Waals surface area contributed by atoms with Gasteiger partial charge in [0.1, 0.15) is 6.10 Å². The Bertz CT molecular complexity index is 1160. The smallest absolute Gasteiger partial charge is 0.276 e. The zero-order valence-electron chi connectivity index (χ0n) is 16.3. The van der Waals surface area contributed by atoms with Crippen LogP contribution < -0.4 is 4.74 Å². The van der Waals surface area contributed by atoms with Gasteiger partial charge in [-0.05, 0) is 18.2 Å². The van der Waals surface area contributed by atoms with E-state index in [2.05, 4.69) is 20.4 Å². The Balaban J connectivity index is 1.23. The molecule has 1 aliphatic heterocycles. The SMILES string of the molecule is O=C(c1cnn(-c2ccccc2)n1)N1CCC(Oc2nncc3ccccc23)CC1. The van der Waals surface area contributed by atoms with E-state index in [1.807, 2.05) is 54.6 Å². The maximum absolute atomic E-state index is 12.8. The van der Waals surface area contributed by atoms with E-state index >= 15 is 0 Å². The fourth-order valence-electron chi connectivity index (χ4n) is 3.63. The summed E-state index contributed by atoms with van der Waals surface area (Å²) in [6.07, 6.45) is 4.69. The average Bonchev–Trinajstić information content (AvgIpc) is 3.30. The lowest BCUT2D eigenvalue weighted by Crippen LogP contribution is -2.42. The third-order valence-electron chi connectivity index (χ3n) is 5.24. The van der Waals surface area contributed by atoms with E-state index in [1.165, 1.54) is 11.0 Å². The third-order valence-corrected chi connectivity index (χ3v) is 5.24. The molecule has 1 aliphatic rings. The molecule has 0 N–H and O–H groups in total. The van der Waals surface area contributed by atoms with Gasteiger partial charge >= 0.3 is 0 Å². The standard InChI is InChI=1S/C22H20N6O2/c29-22(20-15-24-28(26-20)17-7-2-1-3-8-17)27-12-10-18(11-13-27)30-21-19-9-5-4-6-16(19)14-23-25-21/h1-9,14-15,18H,10-13H2. The van der Waals surface area contributed by atoms with Crippen molar-refractivity contribution in [1.82, 2.24) is 30.1 Å². The molecule has 1 saturated heterocycles. The summed E-state index contributed by atoms with van der Waals surface area (Å²) in [5.74, 6) is 0.435. The maximum atomic E-state index is 12.8. The fraction of sp³-hybridized carbons (Fsp3) is 0.227. The first-order valence-corrected chi connectivity index (χ1v) is 9.92. The van der Waals surface area contributed by atoms with Crippen molar-refractivity contribution < 1.29 is 9.53 Å². The van der Waals surface area contributed by atoms with E-state index in [1.54, 1.807) is 11.1 Å². The molecule has 2 aromatic heterocycles. The number of benzene rings is 2. The lowest BCUT2D eigenvalue weighted by molar-refractivity contribution is 0.0583. The highest BCUT2D eigenvalue weighted by Crippen LogP contribution is 2.25. The minimum atomic E-state index is -0.111. The van der Waals surface area contributed by atoms with E-state index in [9.17, 15) is 4.79 Å². The van der Waals surface area contributed by atoms with Crippen molar-refractivity contribution >= 4 is 16.7 Å². The molecule has 0 spiro atoms. The monoisotopic (exact) mass is 400 g/mol. The molecule has 0 radical (unpaired) electrons. The quantitative estimate of drug-likeness (QED) is 0.524. The normalized spacial score (nSPS) is 14.7. The molecule has 2 aromatic carbocycles. The van der Waals surface area contributed by atoms with Gasteiger partial charge in [0.05, 0.1) is 18.1 Å². The number of carbonyl (C=O) groups is 1. The summed E-state index contributed by atoms with van der Waals surface area (Å²) in [5, 5.41) is 18.7. The Morgan fingerprint density at radius 1 is 0.967 bits per heavy atom. The summed E-state index contributed by atoms with van der Waals surface area (Å²) < 4.78 is 6.12. The molecule has 0 saturated carbocycles. The number of amides is 1. The van der Waals surface area contributed by atoms with Crippen molar-refractivity contribution in [2.45, 2.75) is 18.9 Å². The minimum absolute atomic E-state index is 0.00541. The van der Waals surface area contributed by atoms with Crippen LogP contribution in [0.25, 0.3) is 16.5 Å². The van der Waals surface area contributed by atoms with Crippen LogP contribution in [0.2, 0.25) is 0 Å². The van der Waals surface area contributed by atoms with E-state index < -0.39 is 0 Å². The molecular formula is C22H20N6O2. The summed E-state index contributed by atoms with van der Waals surface area (Å²) in [7, 11) is 0. The first-order valence-electron chi connectivity index (χ1n) is 9.92. The van der Waals surface area contributed by atoms with Crippen molar-refractivity contribution in [3.63, 3.8) is 0 Å². The number of likely N-dealkylation sites (tertiary alicyclic amines) is 1. The molecular weight excluding hydrogens is 380 g/mol. The predicted octanol–water partition coefficient (Wildman–Crippen LogP) is 2.89. The van der Waals surface area contributed by atoms with Crippen molar-refractivity contribution in [2.75, 3.05) is 13.1 Å². The topological polar surface area (TPSA) is 86.0 Å². The Morgan fingerprint density at radius 2 is 1.73 bits per heavy atom. The second kappa shape index (κ2) is 7.90. The van der Waals surface area contributed by atoms with Crippen LogP contribution in [0.5, 0.6) is 5.88 Å². The molecule has 150 valence electrons. The molecule has 8 nitrogen and oxygen atoms in total. The lowest BCUT2D eigenvalue weighted by atomic mass is 10.1. The van der Waals surface area contributed by atoms with Crippen LogP contribution in [0.1, 0.15) is 23.3 Å². The van der Waals surface area contributed by atoms with Gasteiger partial charge in [-0.2, -0.15) is 15.0 Å². The molecule has 5 rings (SSSR count). The van der Waals surface area contributed by atoms with E-state index in [4.69, 9.17) is 4.74 Å². The van der Waals surface area contributed by atoms with E-state index in [-0.39, 0.29) is 12.0 Å². The first-order chi connectivity index (χ1) is 14.8. The van der Waals surface area contributed by atoms with Gasteiger partial charge in [-0.3, -0.25) is 4.79 Å². The van der Waals surface area contributed by atoms with Gasteiger partial charge in [0.2, 0.25) is 5.88 Å². The zero-order chi connectivity index (χ0) is 20.3. The van der Waals surface area contributed by atoms with E-state index in [0.717, 1.165) is 29.3 Å². The Hall–Kier alpha value is -3.81. The molecule has 1 amide bonds. The van der Waals surface area contributed by atoms with Crippen LogP contribution in [0.4, 0.5) is 0 Å². The molecule has 3 heterocycles. The van der Waals surface area contributed by atoms with Gasteiger partial charge in [0.15, 0.2) is 5.69 Å². The van der Waals surface area contributed by atoms with Gasteiger partial charge in [-0.25, -0.2) is 0 Å². The second-order valence-electron chi connectivity index (χ2n) is 7.20. The van der Waals surface area contributed by atoms with Crippen molar-refractivity contribution in [2.24, 2.45) is 0 Å². The number of aromatic nitrogens is 5. The molecule has 0 aliphatic carbocycles. The van der Waals surface area contributed by atoms with Crippen LogP contribution >= 0.6 is 0 Å². The average molecular weight is 400 g/mol. The number of nitrogens with zero attached hydrogens (tertiary/aromatic N) is 6. The molecule has 0 unspecified atom stereocenters. The molecule has 0 atom stereocenters. The van der Waals surface area contributed by atoms with Crippen LogP contribution in [0.15, 0.2) is 67.0 Å². The minimum Gasteiger partial charge on any atom is -0.473 e. The maximum Gasteiger partial charge on any atom is 0.276 e. The second-order valence-corrected chi connectivity index (χ2v) is 7.20.